The second-order valence-electron chi connectivity index (χ2n) is 5.10. The van der Waals surface area contributed by atoms with Gasteiger partial charge in [0.15, 0.2) is 5.78 Å². The zero-order valence-corrected chi connectivity index (χ0v) is 9.05. The molecular formula is C12H19NO. The number of carbonyl (C=O) groups is 1. The van der Waals surface area contributed by atoms with Crippen LogP contribution in [0.4, 0.5) is 0 Å². The Kier molecular flexibility index (Phi) is 2.48. The topological polar surface area (TPSA) is 29.1 Å². The molecule has 3 aliphatic rings. The maximum absolute atomic E-state index is 11.2. The third-order valence-electron chi connectivity index (χ3n) is 3.48. The summed E-state index contributed by atoms with van der Waals surface area (Å²) in [7, 11) is 0. The molecule has 14 heavy (non-hydrogen) atoms. The van der Waals surface area contributed by atoms with Gasteiger partial charge in [0.1, 0.15) is 0 Å². The molecule has 3 saturated carbocycles. The maximum atomic E-state index is 11.2. The van der Waals surface area contributed by atoms with E-state index in [1.807, 2.05) is 19.9 Å². The summed E-state index contributed by atoms with van der Waals surface area (Å²) < 4.78 is 0. The lowest BCUT2D eigenvalue weighted by molar-refractivity contribution is -0.117. The van der Waals surface area contributed by atoms with Crippen LogP contribution in [0.3, 0.4) is 0 Å². The summed E-state index contributed by atoms with van der Waals surface area (Å²) in [5.41, 5.74) is 0.482. The minimum atomic E-state index is 0.126. The summed E-state index contributed by atoms with van der Waals surface area (Å²) in [6, 6.07) is 0. The first kappa shape index (κ1) is 9.91. The van der Waals surface area contributed by atoms with E-state index in [4.69, 9.17) is 0 Å². The van der Waals surface area contributed by atoms with E-state index in [9.17, 15) is 4.79 Å². The molecule has 3 fully saturated rings. The first-order valence-electron chi connectivity index (χ1n) is 5.57. The van der Waals surface area contributed by atoms with Crippen molar-refractivity contribution in [3.05, 3.63) is 12.2 Å². The minimum Gasteiger partial charge on any atom is -0.308 e. The van der Waals surface area contributed by atoms with Crippen molar-refractivity contribution in [1.29, 1.82) is 0 Å². The molecular weight excluding hydrogens is 174 g/mol. The lowest BCUT2D eigenvalue weighted by atomic mass is 9.50. The molecule has 2 heteroatoms. The summed E-state index contributed by atoms with van der Waals surface area (Å²) in [4.78, 5) is 11.2. The molecule has 0 aromatic heterocycles. The Morgan fingerprint density at radius 2 is 2.14 bits per heavy atom. The molecule has 2 nitrogen and oxygen atoms in total. The third kappa shape index (κ3) is 1.76. The molecule has 0 atom stereocenters. The Hall–Kier alpha value is -0.630. The van der Waals surface area contributed by atoms with Crippen LogP contribution < -0.4 is 5.32 Å². The molecule has 0 heterocycles. The highest BCUT2D eigenvalue weighted by molar-refractivity contribution is 5.91. The summed E-state index contributed by atoms with van der Waals surface area (Å²) >= 11 is 0. The molecule has 78 valence electrons. The lowest BCUT2D eigenvalue weighted by Crippen LogP contribution is -2.66. The van der Waals surface area contributed by atoms with Crippen molar-refractivity contribution >= 4 is 5.78 Å². The zero-order valence-electron chi connectivity index (χ0n) is 9.05. The van der Waals surface area contributed by atoms with E-state index in [1.165, 1.54) is 19.3 Å². The van der Waals surface area contributed by atoms with Crippen molar-refractivity contribution in [3.63, 3.8) is 0 Å². The standard InChI is InChI=1S/C12H19NO/c1-9(2)11(14)4-3-5-13-12-6-10(7-12)8-12/h3-4,9-10,13H,5-8H2,1-2H3/b4-3+. The number of hydrogen-bond donors (Lipinski definition) is 1. The molecule has 0 spiro atoms. The van der Waals surface area contributed by atoms with Crippen molar-refractivity contribution in [3.8, 4) is 0 Å². The van der Waals surface area contributed by atoms with Crippen molar-refractivity contribution in [2.24, 2.45) is 11.8 Å². The average molecular weight is 193 g/mol. The first-order chi connectivity index (χ1) is 6.61. The van der Waals surface area contributed by atoms with Crippen LogP contribution in [-0.4, -0.2) is 17.9 Å². The van der Waals surface area contributed by atoms with Gasteiger partial charge < -0.3 is 5.32 Å². The highest BCUT2D eigenvalue weighted by Crippen LogP contribution is 2.56. The molecule has 0 amide bonds. The molecule has 2 bridgehead atoms. The number of carbonyl (C=O) groups excluding carboxylic acids is 1. The molecule has 3 rings (SSSR count). The Morgan fingerprint density at radius 1 is 1.50 bits per heavy atom. The van der Waals surface area contributed by atoms with E-state index in [0.717, 1.165) is 12.5 Å². The van der Waals surface area contributed by atoms with Crippen LogP contribution in [-0.2, 0) is 4.79 Å². The van der Waals surface area contributed by atoms with Gasteiger partial charge in [-0.15, -0.1) is 0 Å². The molecule has 1 N–H and O–H groups in total. The summed E-state index contributed by atoms with van der Waals surface area (Å²) in [6.45, 7) is 4.72. The fourth-order valence-corrected chi connectivity index (χ4v) is 2.34. The monoisotopic (exact) mass is 193 g/mol. The van der Waals surface area contributed by atoms with E-state index in [0.29, 0.717) is 5.54 Å². The van der Waals surface area contributed by atoms with Crippen LogP contribution in [0, 0.1) is 11.8 Å². The fraction of sp³-hybridized carbons (Fsp3) is 0.750. The van der Waals surface area contributed by atoms with Gasteiger partial charge in [0.2, 0.25) is 0 Å². The Bertz CT molecular complexity index is 250. The SMILES string of the molecule is CC(C)C(=O)/C=C/CNC12CC(C1)C2. The van der Waals surface area contributed by atoms with Crippen LogP contribution >= 0.6 is 0 Å². The summed E-state index contributed by atoms with van der Waals surface area (Å²) in [5, 5.41) is 3.52. The highest BCUT2D eigenvalue weighted by atomic mass is 16.1. The molecule has 0 saturated heterocycles. The first-order valence-corrected chi connectivity index (χ1v) is 5.57. The number of nitrogens with one attached hydrogen (secondary N) is 1. The zero-order chi connectivity index (χ0) is 10.2. The van der Waals surface area contributed by atoms with Crippen molar-refractivity contribution in [1.82, 2.24) is 5.32 Å². The van der Waals surface area contributed by atoms with Crippen molar-refractivity contribution in [2.75, 3.05) is 6.54 Å². The van der Waals surface area contributed by atoms with Crippen LogP contribution in [0.1, 0.15) is 33.1 Å². The van der Waals surface area contributed by atoms with E-state index >= 15 is 0 Å². The number of rotatable bonds is 5. The largest absolute Gasteiger partial charge is 0.308 e. The third-order valence-corrected chi connectivity index (χ3v) is 3.48. The quantitative estimate of drug-likeness (QED) is 0.676. The predicted octanol–water partition coefficient (Wildman–Crippen LogP) is 1.91. The second kappa shape index (κ2) is 3.50. The molecule has 0 aliphatic heterocycles. The smallest absolute Gasteiger partial charge is 0.157 e. The maximum Gasteiger partial charge on any atom is 0.157 e. The van der Waals surface area contributed by atoms with E-state index in [2.05, 4.69) is 5.32 Å². The van der Waals surface area contributed by atoms with Crippen LogP contribution in [0.2, 0.25) is 0 Å². The van der Waals surface area contributed by atoms with Crippen LogP contribution in [0.15, 0.2) is 12.2 Å². The second-order valence-corrected chi connectivity index (χ2v) is 5.10. The van der Waals surface area contributed by atoms with Gasteiger partial charge in [-0.2, -0.15) is 0 Å². The lowest BCUT2D eigenvalue weighted by Gasteiger charge is -2.62. The summed E-state index contributed by atoms with van der Waals surface area (Å²) in [5.74, 6) is 1.37. The van der Waals surface area contributed by atoms with Crippen molar-refractivity contribution in [2.45, 2.75) is 38.6 Å². The molecule has 3 aliphatic carbocycles. The van der Waals surface area contributed by atoms with Gasteiger partial charge in [0.05, 0.1) is 0 Å². The predicted molar refractivity (Wildman–Crippen MR) is 57.1 cm³/mol. The molecule has 0 aromatic rings. The van der Waals surface area contributed by atoms with Gasteiger partial charge in [-0.3, -0.25) is 4.79 Å². The van der Waals surface area contributed by atoms with Gasteiger partial charge in [0.25, 0.3) is 0 Å². The van der Waals surface area contributed by atoms with Crippen LogP contribution in [0.25, 0.3) is 0 Å². The van der Waals surface area contributed by atoms with Gasteiger partial charge in [-0.1, -0.05) is 19.9 Å². The van der Waals surface area contributed by atoms with Gasteiger partial charge in [-0.05, 0) is 31.3 Å². The summed E-state index contributed by atoms with van der Waals surface area (Å²) in [6.07, 6.45) is 7.75. The number of ketones is 1. The van der Waals surface area contributed by atoms with Gasteiger partial charge >= 0.3 is 0 Å². The van der Waals surface area contributed by atoms with Crippen LogP contribution in [0.5, 0.6) is 0 Å². The Labute approximate surface area is 85.8 Å². The van der Waals surface area contributed by atoms with E-state index in [1.54, 1.807) is 6.08 Å². The van der Waals surface area contributed by atoms with Crippen molar-refractivity contribution < 1.29 is 4.79 Å². The van der Waals surface area contributed by atoms with E-state index in [-0.39, 0.29) is 11.7 Å². The fourth-order valence-electron chi connectivity index (χ4n) is 2.34. The Balaban J connectivity index is 1.64. The van der Waals surface area contributed by atoms with E-state index < -0.39 is 0 Å². The van der Waals surface area contributed by atoms with Gasteiger partial charge in [-0.25, -0.2) is 0 Å². The average Bonchev–Trinajstić information content (AvgIpc) is 1.97. The number of hydrogen-bond acceptors (Lipinski definition) is 2. The molecule has 0 unspecified atom stereocenters. The number of allylic oxidation sites excluding steroid dienone is 1. The Morgan fingerprint density at radius 3 is 2.57 bits per heavy atom. The molecule has 0 aromatic carbocycles. The normalized spacial score (nSPS) is 34.4. The van der Waals surface area contributed by atoms with Gasteiger partial charge in [0, 0.05) is 18.0 Å². The highest BCUT2D eigenvalue weighted by Gasteiger charge is 2.55. The minimum absolute atomic E-state index is 0.126. The molecule has 0 radical (unpaired) electrons.